The van der Waals surface area contributed by atoms with E-state index in [0.29, 0.717) is 16.3 Å². The first kappa shape index (κ1) is 19.8. The third kappa shape index (κ3) is 3.60. The molecule has 1 saturated heterocycles. The van der Waals surface area contributed by atoms with Crippen LogP contribution in [0.5, 0.6) is 0 Å². The van der Waals surface area contributed by atoms with E-state index >= 15 is 0 Å². The molecule has 0 aliphatic carbocycles. The zero-order chi connectivity index (χ0) is 21.5. The summed E-state index contributed by atoms with van der Waals surface area (Å²) in [7, 11) is 0. The van der Waals surface area contributed by atoms with Gasteiger partial charge in [-0.2, -0.15) is 4.98 Å². The molecule has 2 aliphatic heterocycles. The highest BCUT2D eigenvalue weighted by atomic mass is 35.5. The number of halogens is 2. The number of aromatic nitrogens is 2. The van der Waals surface area contributed by atoms with Gasteiger partial charge in [-0.3, -0.25) is 4.79 Å². The van der Waals surface area contributed by atoms with Crippen molar-refractivity contribution in [1.82, 2.24) is 15.0 Å². The molecule has 2 aromatic carbocycles. The van der Waals surface area contributed by atoms with Gasteiger partial charge in [0, 0.05) is 10.6 Å². The summed E-state index contributed by atoms with van der Waals surface area (Å²) in [6.45, 7) is 0.0243. The SMILES string of the molecule is O=C1C2SC=CC2N(Cc2nc(-c3ccc(F)cc3)no2)C(=O)N1c1ccc(Cl)cc1. The molecule has 2 unspecified atom stereocenters. The highest BCUT2D eigenvalue weighted by Gasteiger charge is 2.48. The van der Waals surface area contributed by atoms with Crippen molar-refractivity contribution in [2.45, 2.75) is 17.8 Å². The third-order valence-electron chi connectivity index (χ3n) is 5.03. The summed E-state index contributed by atoms with van der Waals surface area (Å²) < 4.78 is 18.5. The Morgan fingerprint density at radius 3 is 2.58 bits per heavy atom. The number of carbonyl (C=O) groups excluding carboxylic acids is 2. The summed E-state index contributed by atoms with van der Waals surface area (Å²) in [6, 6.07) is 11.3. The average Bonchev–Trinajstić information content (AvgIpc) is 3.43. The number of hydrogen-bond donors (Lipinski definition) is 0. The quantitative estimate of drug-likeness (QED) is 0.575. The predicted octanol–water partition coefficient (Wildman–Crippen LogP) is 4.50. The number of fused-ring (bicyclic) bond motifs is 1. The maximum atomic E-state index is 13.3. The van der Waals surface area contributed by atoms with E-state index < -0.39 is 17.3 Å². The molecule has 3 amide bonds. The van der Waals surface area contributed by atoms with Crippen LogP contribution in [0.25, 0.3) is 11.4 Å². The molecule has 0 saturated carbocycles. The van der Waals surface area contributed by atoms with Gasteiger partial charge in [0.1, 0.15) is 17.6 Å². The molecule has 31 heavy (non-hydrogen) atoms. The Bertz CT molecular complexity index is 1180. The first-order chi connectivity index (χ1) is 15.0. The van der Waals surface area contributed by atoms with Gasteiger partial charge in [0.2, 0.25) is 11.7 Å². The Balaban J connectivity index is 1.44. The van der Waals surface area contributed by atoms with Crippen LogP contribution in [0.15, 0.2) is 64.5 Å². The Kier molecular flexibility index (Phi) is 4.99. The number of nitrogens with zero attached hydrogens (tertiary/aromatic N) is 4. The fraction of sp³-hybridized carbons (Fsp3) is 0.143. The third-order valence-corrected chi connectivity index (χ3v) is 6.37. The molecule has 1 fully saturated rings. The van der Waals surface area contributed by atoms with Crippen molar-refractivity contribution in [3.05, 3.63) is 76.7 Å². The number of amides is 3. The van der Waals surface area contributed by atoms with Crippen molar-refractivity contribution in [3.8, 4) is 11.4 Å². The maximum absolute atomic E-state index is 13.3. The first-order valence-electron chi connectivity index (χ1n) is 9.32. The van der Waals surface area contributed by atoms with Gasteiger partial charge in [0.15, 0.2) is 0 Å². The van der Waals surface area contributed by atoms with Gasteiger partial charge in [0.05, 0.1) is 11.7 Å². The number of hydrogen-bond acceptors (Lipinski definition) is 6. The summed E-state index contributed by atoms with van der Waals surface area (Å²) in [5, 5.41) is 5.79. The van der Waals surface area contributed by atoms with Crippen LogP contribution in [0.4, 0.5) is 14.9 Å². The van der Waals surface area contributed by atoms with Gasteiger partial charge in [-0.05, 0) is 53.9 Å². The molecule has 2 aliphatic rings. The zero-order valence-corrected chi connectivity index (χ0v) is 17.4. The van der Waals surface area contributed by atoms with Gasteiger partial charge in [-0.25, -0.2) is 14.1 Å². The number of urea groups is 1. The van der Waals surface area contributed by atoms with Crippen molar-refractivity contribution in [2.75, 3.05) is 4.90 Å². The Morgan fingerprint density at radius 1 is 1.10 bits per heavy atom. The molecule has 5 rings (SSSR count). The van der Waals surface area contributed by atoms with Crippen molar-refractivity contribution in [3.63, 3.8) is 0 Å². The van der Waals surface area contributed by atoms with Gasteiger partial charge >= 0.3 is 6.03 Å². The van der Waals surface area contributed by atoms with Crippen LogP contribution in [0.2, 0.25) is 5.02 Å². The van der Waals surface area contributed by atoms with E-state index in [0.717, 1.165) is 4.90 Å². The topological polar surface area (TPSA) is 79.5 Å². The molecule has 0 spiro atoms. The summed E-state index contributed by atoms with van der Waals surface area (Å²) in [4.78, 5) is 33.3. The van der Waals surface area contributed by atoms with E-state index in [9.17, 15) is 14.0 Å². The number of carbonyl (C=O) groups is 2. The van der Waals surface area contributed by atoms with Crippen molar-refractivity contribution >= 4 is 41.0 Å². The van der Waals surface area contributed by atoms with E-state index in [4.69, 9.17) is 16.1 Å². The summed E-state index contributed by atoms with van der Waals surface area (Å²) in [5.41, 5.74) is 1.03. The highest BCUT2D eigenvalue weighted by Crippen LogP contribution is 2.37. The molecule has 0 radical (unpaired) electrons. The van der Waals surface area contributed by atoms with Crippen LogP contribution >= 0.6 is 23.4 Å². The molecule has 7 nitrogen and oxygen atoms in total. The number of anilines is 1. The molecule has 1 aromatic heterocycles. The maximum Gasteiger partial charge on any atom is 0.332 e. The second kappa shape index (κ2) is 7.82. The van der Waals surface area contributed by atoms with Crippen LogP contribution in [0.1, 0.15) is 5.89 Å². The molecule has 2 atom stereocenters. The number of benzene rings is 2. The minimum Gasteiger partial charge on any atom is -0.337 e. The van der Waals surface area contributed by atoms with Gasteiger partial charge in [-0.1, -0.05) is 22.8 Å². The summed E-state index contributed by atoms with van der Waals surface area (Å²) in [6.07, 6.45) is 1.82. The molecule has 0 bridgehead atoms. The van der Waals surface area contributed by atoms with E-state index in [2.05, 4.69) is 10.1 Å². The van der Waals surface area contributed by atoms with E-state index in [1.54, 1.807) is 36.4 Å². The lowest BCUT2D eigenvalue weighted by atomic mass is 10.1. The minimum absolute atomic E-state index is 0.0243. The highest BCUT2D eigenvalue weighted by molar-refractivity contribution is 8.03. The Labute approximate surface area is 185 Å². The van der Waals surface area contributed by atoms with Crippen LogP contribution in [0.3, 0.4) is 0 Å². The smallest absolute Gasteiger partial charge is 0.332 e. The number of rotatable bonds is 4. The summed E-state index contributed by atoms with van der Waals surface area (Å²) >= 11 is 7.31. The van der Waals surface area contributed by atoms with E-state index in [1.165, 1.54) is 28.8 Å². The average molecular weight is 457 g/mol. The van der Waals surface area contributed by atoms with Gasteiger partial charge in [0.25, 0.3) is 5.91 Å². The normalized spacial score (nSPS) is 20.5. The zero-order valence-electron chi connectivity index (χ0n) is 15.8. The van der Waals surface area contributed by atoms with Crippen molar-refractivity contribution < 1.29 is 18.5 Å². The fourth-order valence-electron chi connectivity index (χ4n) is 3.52. The van der Waals surface area contributed by atoms with Crippen molar-refractivity contribution in [2.24, 2.45) is 0 Å². The van der Waals surface area contributed by atoms with Gasteiger partial charge in [-0.15, -0.1) is 11.8 Å². The Morgan fingerprint density at radius 2 is 1.84 bits per heavy atom. The lowest BCUT2D eigenvalue weighted by molar-refractivity contribution is -0.119. The van der Waals surface area contributed by atoms with Crippen LogP contribution in [-0.2, 0) is 11.3 Å². The molecule has 3 aromatic rings. The minimum atomic E-state index is -0.484. The first-order valence-corrected chi connectivity index (χ1v) is 10.6. The predicted molar refractivity (Wildman–Crippen MR) is 114 cm³/mol. The molecule has 10 heteroatoms. The molecule has 0 N–H and O–H groups in total. The monoisotopic (exact) mass is 456 g/mol. The second-order valence-electron chi connectivity index (χ2n) is 6.95. The molecular weight excluding hydrogens is 443 g/mol. The summed E-state index contributed by atoms with van der Waals surface area (Å²) in [5.74, 6) is -0.156. The largest absolute Gasteiger partial charge is 0.337 e. The fourth-order valence-corrected chi connectivity index (χ4v) is 4.69. The number of thioether (sulfide) groups is 1. The molecule has 3 heterocycles. The molecular formula is C21H14ClFN4O3S. The molecule has 156 valence electrons. The van der Waals surface area contributed by atoms with Gasteiger partial charge < -0.3 is 9.42 Å². The lowest BCUT2D eigenvalue weighted by Gasteiger charge is -2.40. The van der Waals surface area contributed by atoms with Crippen LogP contribution in [0, 0.1) is 5.82 Å². The standard InChI is InChI=1S/C21H14ClFN4O3S/c22-13-3-7-15(8-4-13)27-20(28)18-16(9-10-31-18)26(21(27)29)11-17-24-19(25-30-17)12-1-5-14(23)6-2-12/h1-10,16,18H,11H2. The lowest BCUT2D eigenvalue weighted by Crippen LogP contribution is -2.61. The van der Waals surface area contributed by atoms with E-state index in [-0.39, 0.29) is 30.0 Å². The van der Waals surface area contributed by atoms with E-state index in [1.807, 2.05) is 11.5 Å². The number of imide groups is 1. The van der Waals surface area contributed by atoms with Crippen LogP contribution < -0.4 is 4.90 Å². The Hall–Kier alpha value is -3.17. The van der Waals surface area contributed by atoms with Crippen LogP contribution in [-0.4, -0.2) is 38.3 Å². The second-order valence-corrected chi connectivity index (χ2v) is 8.44. The van der Waals surface area contributed by atoms with Crippen molar-refractivity contribution in [1.29, 1.82) is 0 Å².